The minimum atomic E-state index is -0.702. The summed E-state index contributed by atoms with van der Waals surface area (Å²) in [5.74, 6) is 1.31. The molecule has 2 unspecified atom stereocenters. The largest absolute Gasteiger partial charge is 0.490 e. The van der Waals surface area contributed by atoms with Gasteiger partial charge in [0, 0.05) is 6.42 Å². The maximum Gasteiger partial charge on any atom is 0.303 e. The van der Waals surface area contributed by atoms with Gasteiger partial charge in [-0.2, -0.15) is 0 Å². The van der Waals surface area contributed by atoms with E-state index in [1.165, 1.54) is 5.56 Å². The summed E-state index contributed by atoms with van der Waals surface area (Å²) in [5, 5.41) is 8.71. The molecule has 1 fully saturated rings. The molecule has 0 saturated heterocycles. The van der Waals surface area contributed by atoms with E-state index < -0.39 is 5.97 Å². The fraction of sp³-hybridized carbons (Fsp3) is 0.611. The Labute approximate surface area is 127 Å². The first-order chi connectivity index (χ1) is 10.1. The van der Waals surface area contributed by atoms with Crippen molar-refractivity contribution in [3.05, 3.63) is 29.8 Å². The summed E-state index contributed by atoms with van der Waals surface area (Å²) in [6, 6.07) is 8.40. The lowest BCUT2D eigenvalue weighted by atomic mass is 9.70. The molecule has 1 aromatic rings. The van der Waals surface area contributed by atoms with Crippen LogP contribution in [0.15, 0.2) is 24.3 Å². The number of carboxylic acids is 1. The predicted octanol–water partition coefficient (Wildman–Crippen LogP) is 4.30. The molecular weight excluding hydrogens is 264 g/mol. The lowest BCUT2D eigenvalue weighted by Crippen LogP contribution is -2.44. The zero-order valence-corrected chi connectivity index (χ0v) is 13.0. The van der Waals surface area contributed by atoms with Gasteiger partial charge in [0.05, 0.1) is 0 Å². The molecule has 116 valence electrons. The molecule has 0 aliphatic heterocycles. The number of aryl methyl sites for hydroxylation is 1. The Bertz CT molecular complexity index is 452. The van der Waals surface area contributed by atoms with Crippen molar-refractivity contribution in [2.24, 2.45) is 11.8 Å². The number of benzene rings is 1. The molecule has 1 N–H and O–H groups in total. The van der Waals surface area contributed by atoms with Gasteiger partial charge in [-0.3, -0.25) is 4.79 Å². The number of hydrogen-bond acceptors (Lipinski definition) is 2. The van der Waals surface area contributed by atoms with Gasteiger partial charge in [0.15, 0.2) is 0 Å². The molecular formula is C18H26O3. The van der Waals surface area contributed by atoms with Crippen molar-refractivity contribution in [2.45, 2.75) is 58.5 Å². The smallest absolute Gasteiger partial charge is 0.303 e. The molecule has 0 bridgehead atoms. The summed E-state index contributed by atoms with van der Waals surface area (Å²) in [5.41, 5.74) is 1.35. The molecule has 1 aliphatic carbocycles. The highest BCUT2D eigenvalue weighted by Crippen LogP contribution is 2.40. The Kier molecular flexibility index (Phi) is 5.66. The van der Waals surface area contributed by atoms with E-state index in [-0.39, 0.29) is 12.5 Å². The molecule has 0 aromatic heterocycles. The van der Waals surface area contributed by atoms with Gasteiger partial charge in [-0.1, -0.05) is 32.4 Å². The van der Waals surface area contributed by atoms with Crippen LogP contribution in [0.5, 0.6) is 5.75 Å². The average Bonchev–Trinajstić information content (AvgIpc) is 2.45. The number of carboxylic acid groups (broad SMARTS) is 1. The van der Waals surface area contributed by atoms with E-state index in [1.807, 2.05) is 0 Å². The minimum Gasteiger partial charge on any atom is -0.490 e. The van der Waals surface area contributed by atoms with Crippen molar-refractivity contribution in [3.8, 4) is 5.75 Å². The monoisotopic (exact) mass is 290 g/mol. The number of rotatable bonds is 8. The van der Waals surface area contributed by atoms with Crippen LogP contribution < -0.4 is 4.74 Å². The third-order valence-electron chi connectivity index (χ3n) is 4.40. The van der Waals surface area contributed by atoms with Crippen LogP contribution in [0.4, 0.5) is 0 Å². The van der Waals surface area contributed by atoms with Crippen LogP contribution >= 0.6 is 0 Å². The topological polar surface area (TPSA) is 46.5 Å². The molecule has 2 rings (SSSR count). The second kappa shape index (κ2) is 7.48. The van der Waals surface area contributed by atoms with Crippen LogP contribution in [0.3, 0.4) is 0 Å². The fourth-order valence-electron chi connectivity index (χ4n) is 3.21. The summed E-state index contributed by atoms with van der Waals surface area (Å²) in [6.07, 6.45) is 5.64. The molecule has 3 nitrogen and oxygen atoms in total. The van der Waals surface area contributed by atoms with Crippen molar-refractivity contribution >= 4 is 5.97 Å². The number of aliphatic carboxylic acids is 1. The van der Waals surface area contributed by atoms with Crippen LogP contribution in [0.25, 0.3) is 0 Å². The molecule has 0 amide bonds. The van der Waals surface area contributed by atoms with E-state index in [0.717, 1.165) is 37.9 Å². The Morgan fingerprint density at radius 2 is 2.05 bits per heavy atom. The summed E-state index contributed by atoms with van der Waals surface area (Å²) in [6.45, 7) is 4.39. The van der Waals surface area contributed by atoms with E-state index in [2.05, 4.69) is 38.1 Å². The van der Waals surface area contributed by atoms with Crippen LogP contribution in [-0.4, -0.2) is 17.2 Å². The van der Waals surface area contributed by atoms with Crippen molar-refractivity contribution < 1.29 is 14.6 Å². The van der Waals surface area contributed by atoms with Gasteiger partial charge in [-0.15, -0.1) is 0 Å². The van der Waals surface area contributed by atoms with Gasteiger partial charge in [0.25, 0.3) is 0 Å². The fourth-order valence-corrected chi connectivity index (χ4v) is 3.21. The normalized spacial score (nSPS) is 24.4. The van der Waals surface area contributed by atoms with Crippen molar-refractivity contribution in [3.63, 3.8) is 0 Å². The number of hydrogen-bond donors (Lipinski definition) is 1. The van der Waals surface area contributed by atoms with E-state index >= 15 is 0 Å². The van der Waals surface area contributed by atoms with Crippen molar-refractivity contribution in [1.29, 1.82) is 0 Å². The quantitative estimate of drug-likeness (QED) is 0.776. The lowest BCUT2D eigenvalue weighted by molar-refractivity contribution is -0.137. The van der Waals surface area contributed by atoms with E-state index in [1.54, 1.807) is 0 Å². The highest BCUT2D eigenvalue weighted by atomic mass is 16.5. The summed E-state index contributed by atoms with van der Waals surface area (Å²) in [7, 11) is 0. The maximum absolute atomic E-state index is 10.6. The number of ether oxygens (including phenoxy) is 1. The van der Waals surface area contributed by atoms with Gasteiger partial charge in [0.1, 0.15) is 11.9 Å². The molecule has 1 aliphatic rings. The minimum absolute atomic E-state index is 0.246. The number of carbonyl (C=O) groups is 1. The molecule has 0 radical (unpaired) electrons. The summed E-state index contributed by atoms with van der Waals surface area (Å²) < 4.78 is 6.12. The standard InChI is InChI=1S/C18H26O3/c1-3-5-14-8-10-16(11-9-14)21-18-13(2)12-15(18)6-4-7-17(19)20/h8-11,13,15,18H,3-7,12H2,1-2H3,(H,19,20)/t13?,15?,18-/m0/s1. The Balaban J connectivity index is 1.83. The third-order valence-corrected chi connectivity index (χ3v) is 4.40. The molecule has 21 heavy (non-hydrogen) atoms. The third kappa shape index (κ3) is 4.48. The highest BCUT2D eigenvalue weighted by molar-refractivity contribution is 5.66. The van der Waals surface area contributed by atoms with Crippen LogP contribution in [0.2, 0.25) is 0 Å². The van der Waals surface area contributed by atoms with Crippen LogP contribution in [-0.2, 0) is 11.2 Å². The summed E-state index contributed by atoms with van der Waals surface area (Å²) >= 11 is 0. The Hall–Kier alpha value is -1.51. The van der Waals surface area contributed by atoms with Crippen LogP contribution in [0.1, 0.15) is 51.5 Å². The Morgan fingerprint density at radius 3 is 2.62 bits per heavy atom. The Morgan fingerprint density at radius 1 is 1.33 bits per heavy atom. The first-order valence-electron chi connectivity index (χ1n) is 8.07. The van der Waals surface area contributed by atoms with Gasteiger partial charge in [0.2, 0.25) is 0 Å². The zero-order valence-electron chi connectivity index (χ0n) is 13.0. The molecule has 3 atom stereocenters. The summed E-state index contributed by atoms with van der Waals surface area (Å²) in [4.78, 5) is 10.6. The first kappa shape index (κ1) is 15.9. The second-order valence-electron chi connectivity index (χ2n) is 6.24. The molecule has 0 spiro atoms. The van der Waals surface area contributed by atoms with Gasteiger partial charge < -0.3 is 9.84 Å². The van der Waals surface area contributed by atoms with Crippen LogP contribution in [0, 0.1) is 11.8 Å². The zero-order chi connectivity index (χ0) is 15.2. The van der Waals surface area contributed by atoms with E-state index in [9.17, 15) is 4.79 Å². The van der Waals surface area contributed by atoms with E-state index in [0.29, 0.717) is 11.8 Å². The van der Waals surface area contributed by atoms with Gasteiger partial charge in [-0.05, 0) is 55.2 Å². The molecule has 3 heteroatoms. The van der Waals surface area contributed by atoms with Gasteiger partial charge in [-0.25, -0.2) is 0 Å². The van der Waals surface area contributed by atoms with Crippen molar-refractivity contribution in [1.82, 2.24) is 0 Å². The van der Waals surface area contributed by atoms with Crippen molar-refractivity contribution in [2.75, 3.05) is 0 Å². The average molecular weight is 290 g/mol. The SMILES string of the molecule is CCCc1ccc(O[C@H]2C(C)CC2CCCC(=O)O)cc1. The molecule has 0 heterocycles. The molecule has 1 saturated carbocycles. The molecule has 1 aromatic carbocycles. The predicted molar refractivity (Wildman–Crippen MR) is 83.6 cm³/mol. The highest BCUT2D eigenvalue weighted by Gasteiger charge is 2.39. The van der Waals surface area contributed by atoms with Gasteiger partial charge >= 0.3 is 5.97 Å². The second-order valence-corrected chi connectivity index (χ2v) is 6.24. The maximum atomic E-state index is 10.6. The van der Waals surface area contributed by atoms with E-state index in [4.69, 9.17) is 9.84 Å². The first-order valence-corrected chi connectivity index (χ1v) is 8.07. The lowest BCUT2D eigenvalue weighted by Gasteiger charge is -2.43.